The minimum Gasteiger partial charge on any atom is -0.363 e. The molecule has 0 saturated heterocycles. The highest BCUT2D eigenvalue weighted by Crippen LogP contribution is 2.27. The number of anilines is 3. The lowest BCUT2D eigenvalue weighted by atomic mass is 9.91. The number of aryl methyl sites for hydroxylation is 1. The first-order valence-electron chi connectivity index (χ1n) is 10.0. The summed E-state index contributed by atoms with van der Waals surface area (Å²) in [6.45, 7) is 1.97. The van der Waals surface area contributed by atoms with Crippen molar-refractivity contribution < 1.29 is 4.79 Å². The molecule has 1 heterocycles. The van der Waals surface area contributed by atoms with Crippen LogP contribution in [0.25, 0.3) is 0 Å². The molecule has 0 unspecified atom stereocenters. The molecule has 162 valence electrons. The minimum absolute atomic E-state index is 0.136. The number of carbonyl (C=O) groups is 1. The zero-order chi connectivity index (χ0) is 21.8. The van der Waals surface area contributed by atoms with E-state index < -0.39 is 0 Å². The van der Waals surface area contributed by atoms with Crippen LogP contribution in [0.2, 0.25) is 10.0 Å². The largest absolute Gasteiger partial charge is 0.363 e. The molecule has 2 aromatic rings. The lowest BCUT2D eigenvalue weighted by Crippen LogP contribution is -2.45. The molecule has 2 N–H and O–H groups in total. The molecule has 1 aliphatic carbocycles. The van der Waals surface area contributed by atoms with Gasteiger partial charge in [0.1, 0.15) is 5.82 Å². The summed E-state index contributed by atoms with van der Waals surface area (Å²) in [7, 11) is 5.66. The third-order valence-electron chi connectivity index (χ3n) is 5.28. The quantitative estimate of drug-likeness (QED) is 0.688. The first kappa shape index (κ1) is 22.4. The highest BCUT2D eigenvalue weighted by Gasteiger charge is 2.24. The van der Waals surface area contributed by atoms with Crippen LogP contribution in [0.4, 0.5) is 22.2 Å². The van der Waals surface area contributed by atoms with Gasteiger partial charge in [0.05, 0.1) is 10.0 Å². The van der Waals surface area contributed by atoms with Crippen LogP contribution in [-0.2, 0) is 0 Å². The van der Waals surface area contributed by atoms with Crippen LogP contribution >= 0.6 is 23.2 Å². The Kier molecular flexibility index (Phi) is 7.26. The Morgan fingerprint density at radius 1 is 1.00 bits per heavy atom. The molecule has 9 heteroatoms. The van der Waals surface area contributed by atoms with Gasteiger partial charge in [-0.25, -0.2) is 9.78 Å². The van der Waals surface area contributed by atoms with Gasteiger partial charge in [-0.1, -0.05) is 23.2 Å². The molecule has 1 aliphatic rings. The van der Waals surface area contributed by atoms with Crippen molar-refractivity contribution in [2.45, 2.75) is 44.7 Å². The maximum absolute atomic E-state index is 12.6. The fourth-order valence-corrected chi connectivity index (χ4v) is 3.78. The van der Waals surface area contributed by atoms with E-state index in [1.807, 2.05) is 32.0 Å². The molecular weight excluding hydrogens is 423 g/mol. The topological polar surface area (TPSA) is 73.4 Å². The second-order valence-corrected chi connectivity index (χ2v) is 8.70. The van der Waals surface area contributed by atoms with E-state index >= 15 is 0 Å². The molecule has 0 bridgehead atoms. The zero-order valence-electron chi connectivity index (χ0n) is 17.7. The number of halogens is 2. The van der Waals surface area contributed by atoms with Crippen LogP contribution in [0.1, 0.15) is 31.4 Å². The Morgan fingerprint density at radius 2 is 1.67 bits per heavy atom. The SMILES string of the molecule is Cc1cc(N(C)C)nc(NC2CCC(NC(=O)N(C)c3ccc(Cl)c(Cl)c3)CC2)n1. The lowest BCUT2D eigenvalue weighted by Gasteiger charge is -2.31. The van der Waals surface area contributed by atoms with Crippen LogP contribution in [-0.4, -0.2) is 49.2 Å². The van der Waals surface area contributed by atoms with Crippen LogP contribution in [0.15, 0.2) is 24.3 Å². The Morgan fingerprint density at radius 3 is 2.30 bits per heavy atom. The molecular formula is C21H28Cl2N6O. The number of nitrogens with zero attached hydrogens (tertiary/aromatic N) is 4. The first-order chi connectivity index (χ1) is 14.2. The number of urea groups is 1. The Balaban J connectivity index is 1.52. The summed E-state index contributed by atoms with van der Waals surface area (Å²) in [5.41, 5.74) is 1.63. The minimum atomic E-state index is -0.151. The molecule has 1 aromatic carbocycles. The number of hydrogen-bond acceptors (Lipinski definition) is 5. The molecule has 7 nitrogen and oxygen atoms in total. The molecule has 1 saturated carbocycles. The van der Waals surface area contributed by atoms with Crippen LogP contribution < -0.4 is 20.4 Å². The summed E-state index contributed by atoms with van der Waals surface area (Å²) in [5, 5.41) is 7.46. The van der Waals surface area contributed by atoms with E-state index in [0.717, 1.165) is 37.2 Å². The molecule has 30 heavy (non-hydrogen) atoms. The van der Waals surface area contributed by atoms with Crippen molar-refractivity contribution >= 4 is 46.7 Å². The van der Waals surface area contributed by atoms with Crippen molar-refractivity contribution in [2.24, 2.45) is 0 Å². The third kappa shape index (κ3) is 5.67. The van der Waals surface area contributed by atoms with Crippen molar-refractivity contribution in [1.29, 1.82) is 0 Å². The maximum atomic E-state index is 12.6. The summed E-state index contributed by atoms with van der Waals surface area (Å²) >= 11 is 12.0. The van der Waals surface area contributed by atoms with Gasteiger partial charge in [0, 0.05) is 50.7 Å². The summed E-state index contributed by atoms with van der Waals surface area (Å²) in [5.74, 6) is 1.54. The second kappa shape index (κ2) is 9.71. The second-order valence-electron chi connectivity index (χ2n) is 7.89. The predicted molar refractivity (Wildman–Crippen MR) is 124 cm³/mol. The Hall–Kier alpha value is -2.25. The average Bonchev–Trinajstić information content (AvgIpc) is 2.70. The van der Waals surface area contributed by atoms with E-state index in [9.17, 15) is 4.79 Å². The van der Waals surface area contributed by atoms with Crippen molar-refractivity contribution in [3.05, 3.63) is 40.0 Å². The molecule has 0 spiro atoms. The van der Waals surface area contributed by atoms with E-state index in [-0.39, 0.29) is 12.1 Å². The fraction of sp³-hybridized carbons (Fsp3) is 0.476. The molecule has 0 atom stereocenters. The normalized spacial score (nSPS) is 18.6. The molecule has 0 aliphatic heterocycles. The van der Waals surface area contributed by atoms with Gasteiger partial charge in [-0.2, -0.15) is 4.98 Å². The van der Waals surface area contributed by atoms with Crippen LogP contribution in [0.3, 0.4) is 0 Å². The van der Waals surface area contributed by atoms with Crippen molar-refractivity contribution in [2.75, 3.05) is 36.3 Å². The predicted octanol–water partition coefficient (Wildman–Crippen LogP) is 4.73. The monoisotopic (exact) mass is 450 g/mol. The van der Waals surface area contributed by atoms with Gasteiger partial charge in [0.2, 0.25) is 5.95 Å². The lowest BCUT2D eigenvalue weighted by molar-refractivity contribution is 0.238. The number of hydrogen-bond donors (Lipinski definition) is 2. The number of rotatable bonds is 5. The number of carbonyl (C=O) groups excluding carboxylic acids is 1. The molecule has 1 aromatic heterocycles. The molecule has 2 amide bonds. The number of nitrogens with one attached hydrogen (secondary N) is 2. The zero-order valence-corrected chi connectivity index (χ0v) is 19.3. The van der Waals surface area contributed by atoms with Crippen molar-refractivity contribution in [3.8, 4) is 0 Å². The van der Waals surface area contributed by atoms with Gasteiger partial charge in [0.25, 0.3) is 0 Å². The summed E-state index contributed by atoms with van der Waals surface area (Å²) < 4.78 is 0. The third-order valence-corrected chi connectivity index (χ3v) is 6.02. The summed E-state index contributed by atoms with van der Waals surface area (Å²) in [6.07, 6.45) is 3.67. The summed E-state index contributed by atoms with van der Waals surface area (Å²) in [4.78, 5) is 25.2. The summed E-state index contributed by atoms with van der Waals surface area (Å²) in [6, 6.07) is 7.39. The molecule has 0 radical (unpaired) electrons. The van der Waals surface area contributed by atoms with E-state index in [2.05, 4.69) is 20.6 Å². The van der Waals surface area contributed by atoms with Gasteiger partial charge >= 0.3 is 6.03 Å². The number of aromatic nitrogens is 2. The smallest absolute Gasteiger partial charge is 0.321 e. The number of amides is 2. The van der Waals surface area contributed by atoms with E-state index in [1.54, 1.807) is 30.1 Å². The van der Waals surface area contributed by atoms with Gasteiger partial charge in [-0.15, -0.1) is 0 Å². The van der Waals surface area contributed by atoms with Gasteiger partial charge < -0.3 is 15.5 Å². The molecule has 3 rings (SSSR count). The Bertz CT molecular complexity index is 899. The van der Waals surface area contributed by atoms with Crippen molar-refractivity contribution in [3.63, 3.8) is 0 Å². The van der Waals surface area contributed by atoms with Gasteiger partial charge in [-0.05, 0) is 50.8 Å². The van der Waals surface area contributed by atoms with E-state index in [4.69, 9.17) is 23.2 Å². The van der Waals surface area contributed by atoms with Crippen molar-refractivity contribution in [1.82, 2.24) is 15.3 Å². The highest BCUT2D eigenvalue weighted by molar-refractivity contribution is 6.42. The van der Waals surface area contributed by atoms with Crippen LogP contribution in [0, 0.1) is 6.92 Å². The maximum Gasteiger partial charge on any atom is 0.321 e. The van der Waals surface area contributed by atoms with Gasteiger partial charge in [-0.3, -0.25) is 4.90 Å². The highest BCUT2D eigenvalue weighted by atomic mass is 35.5. The van der Waals surface area contributed by atoms with Crippen LogP contribution in [0.5, 0.6) is 0 Å². The van der Waals surface area contributed by atoms with E-state index in [1.165, 1.54) is 0 Å². The average molecular weight is 451 g/mol. The standard InChI is InChI=1S/C21H28Cl2N6O/c1-13-11-19(28(2)3)27-20(24-13)25-14-5-7-15(8-6-14)26-21(30)29(4)16-9-10-17(22)18(23)12-16/h9-12,14-15H,5-8H2,1-4H3,(H,26,30)(H,24,25,27). The number of benzene rings is 1. The fourth-order valence-electron chi connectivity index (χ4n) is 3.49. The first-order valence-corrected chi connectivity index (χ1v) is 10.8. The van der Waals surface area contributed by atoms with E-state index in [0.29, 0.717) is 27.7 Å². The molecule has 1 fully saturated rings. The Labute approximate surface area is 187 Å². The van der Waals surface area contributed by atoms with Gasteiger partial charge in [0.15, 0.2) is 0 Å².